The quantitative estimate of drug-likeness (QED) is 0.749. The van der Waals surface area contributed by atoms with Crippen LogP contribution in [-0.2, 0) is 6.54 Å². The van der Waals surface area contributed by atoms with Crippen molar-refractivity contribution in [1.82, 2.24) is 9.78 Å². The Morgan fingerprint density at radius 1 is 1.25 bits per heavy atom. The van der Waals surface area contributed by atoms with Crippen LogP contribution < -0.4 is 0 Å². The van der Waals surface area contributed by atoms with Gasteiger partial charge in [-0.1, -0.05) is 23.7 Å². The molecule has 24 heavy (non-hydrogen) atoms. The van der Waals surface area contributed by atoms with Crippen molar-refractivity contribution in [3.05, 3.63) is 64.1 Å². The molecule has 4 nitrogen and oxygen atoms in total. The summed E-state index contributed by atoms with van der Waals surface area (Å²) in [6, 6.07) is 7.52. The molecule has 2 aromatic carbocycles. The molecule has 1 heterocycles. The lowest BCUT2D eigenvalue weighted by Crippen LogP contribution is -2.05. The zero-order valence-electron chi connectivity index (χ0n) is 12.0. The highest BCUT2D eigenvalue weighted by molar-refractivity contribution is 6.31. The van der Waals surface area contributed by atoms with Gasteiger partial charge in [-0.3, -0.25) is 4.68 Å². The first-order valence-electron chi connectivity index (χ1n) is 6.82. The minimum absolute atomic E-state index is 0.0803. The Morgan fingerprint density at radius 2 is 2.00 bits per heavy atom. The minimum atomic E-state index is -2.72. The third-order valence-electron chi connectivity index (χ3n) is 3.56. The molecule has 0 unspecified atom stereocenters. The van der Waals surface area contributed by atoms with E-state index in [2.05, 4.69) is 5.10 Å². The average Bonchev–Trinajstić information content (AvgIpc) is 2.88. The number of hydrogen-bond acceptors (Lipinski definition) is 2. The van der Waals surface area contributed by atoms with E-state index >= 15 is 0 Å². The third-order valence-corrected chi connectivity index (χ3v) is 3.92. The fourth-order valence-electron chi connectivity index (χ4n) is 2.42. The first-order chi connectivity index (χ1) is 11.4. The summed E-state index contributed by atoms with van der Waals surface area (Å²) < 4.78 is 40.1. The molecule has 0 atom stereocenters. The topological polar surface area (TPSA) is 55.1 Å². The first kappa shape index (κ1) is 16.3. The number of aromatic carboxylic acids is 1. The van der Waals surface area contributed by atoms with Crippen molar-refractivity contribution in [3.63, 3.8) is 0 Å². The van der Waals surface area contributed by atoms with Gasteiger partial charge in [-0.15, -0.1) is 0 Å². The normalized spacial score (nSPS) is 11.4. The van der Waals surface area contributed by atoms with E-state index in [4.69, 9.17) is 11.6 Å². The molecule has 0 bridgehead atoms. The number of nitrogens with zero attached hydrogens (tertiary/aromatic N) is 2. The zero-order chi connectivity index (χ0) is 17.4. The molecule has 0 amide bonds. The predicted octanol–water partition coefficient (Wildman–Crippen LogP) is 4.51. The summed E-state index contributed by atoms with van der Waals surface area (Å²) in [7, 11) is 0. The summed E-state index contributed by atoms with van der Waals surface area (Å²) in [5.74, 6) is -1.82. The number of benzene rings is 2. The maximum absolute atomic E-state index is 13.1. The predicted molar refractivity (Wildman–Crippen MR) is 82.2 cm³/mol. The van der Waals surface area contributed by atoms with Crippen molar-refractivity contribution in [3.8, 4) is 0 Å². The van der Waals surface area contributed by atoms with Gasteiger partial charge in [0.25, 0.3) is 6.43 Å². The molecule has 0 fully saturated rings. The number of carboxylic acid groups (broad SMARTS) is 1. The van der Waals surface area contributed by atoms with E-state index in [-0.39, 0.29) is 28.2 Å². The molecule has 124 valence electrons. The summed E-state index contributed by atoms with van der Waals surface area (Å²) in [4.78, 5) is 11.3. The van der Waals surface area contributed by atoms with Gasteiger partial charge in [-0.05, 0) is 29.8 Å². The Bertz CT molecular complexity index is 940. The number of alkyl halides is 2. The van der Waals surface area contributed by atoms with Crippen LogP contribution in [0.15, 0.2) is 36.4 Å². The molecule has 0 spiro atoms. The molecule has 0 aliphatic carbocycles. The summed E-state index contributed by atoms with van der Waals surface area (Å²) in [6.07, 6.45) is -2.72. The molecule has 1 N–H and O–H groups in total. The number of hydrogen-bond donors (Lipinski definition) is 1. The van der Waals surface area contributed by atoms with E-state index in [0.717, 1.165) is 12.1 Å². The van der Waals surface area contributed by atoms with Crippen molar-refractivity contribution >= 4 is 28.5 Å². The zero-order valence-corrected chi connectivity index (χ0v) is 12.8. The fourth-order valence-corrected chi connectivity index (χ4v) is 2.65. The average molecular weight is 355 g/mol. The van der Waals surface area contributed by atoms with Gasteiger partial charge in [0.05, 0.1) is 12.1 Å². The molecule has 1 aromatic heterocycles. The van der Waals surface area contributed by atoms with Gasteiger partial charge < -0.3 is 5.11 Å². The van der Waals surface area contributed by atoms with Crippen LogP contribution in [0.1, 0.15) is 28.0 Å². The van der Waals surface area contributed by atoms with E-state index in [1.54, 1.807) is 0 Å². The molecule has 8 heteroatoms. The van der Waals surface area contributed by atoms with Crippen LogP contribution in [0.25, 0.3) is 10.9 Å². The van der Waals surface area contributed by atoms with Crippen LogP contribution in [0, 0.1) is 5.82 Å². The molecular weight excluding hydrogens is 345 g/mol. The molecule has 0 saturated heterocycles. The number of fused-ring (bicyclic) bond motifs is 1. The van der Waals surface area contributed by atoms with Crippen molar-refractivity contribution < 1.29 is 23.1 Å². The maximum atomic E-state index is 13.1. The van der Waals surface area contributed by atoms with Gasteiger partial charge in [-0.25, -0.2) is 18.0 Å². The highest BCUT2D eigenvalue weighted by Gasteiger charge is 2.19. The highest BCUT2D eigenvalue weighted by Crippen LogP contribution is 2.27. The number of halogens is 4. The number of rotatable bonds is 4. The van der Waals surface area contributed by atoms with Gasteiger partial charge in [0, 0.05) is 16.0 Å². The lowest BCUT2D eigenvalue weighted by molar-refractivity contribution is 0.0691. The van der Waals surface area contributed by atoms with E-state index in [1.807, 2.05) is 0 Å². The number of aromatic nitrogens is 2. The molecule has 3 aromatic rings. The molecule has 3 rings (SSSR count). The summed E-state index contributed by atoms with van der Waals surface area (Å²) >= 11 is 5.97. The maximum Gasteiger partial charge on any atom is 0.357 e. The van der Waals surface area contributed by atoms with Crippen molar-refractivity contribution in [1.29, 1.82) is 0 Å². The lowest BCUT2D eigenvalue weighted by Gasteiger charge is -2.07. The lowest BCUT2D eigenvalue weighted by atomic mass is 10.1. The van der Waals surface area contributed by atoms with Gasteiger partial charge in [0.15, 0.2) is 5.69 Å². The third kappa shape index (κ3) is 2.94. The molecule has 0 saturated carbocycles. The standard InChI is InChI=1S/C16H10ClF3N2O2/c17-12-6-10(18)3-1-9(12)7-22-13-4-2-8(15(19)20)5-11(13)14(21-22)16(23)24/h1-6,15H,7H2,(H,23,24). The van der Waals surface area contributed by atoms with Crippen molar-refractivity contribution in [2.75, 3.05) is 0 Å². The number of carbonyl (C=O) groups is 1. The second-order valence-corrected chi connectivity index (χ2v) is 5.53. The molecular formula is C16H10ClF3N2O2. The van der Waals surface area contributed by atoms with Gasteiger partial charge in [0.1, 0.15) is 5.82 Å². The minimum Gasteiger partial charge on any atom is -0.476 e. The van der Waals surface area contributed by atoms with Crippen LogP contribution in [0.5, 0.6) is 0 Å². The Labute approximate surface area is 139 Å². The SMILES string of the molecule is O=C(O)c1nn(Cc2ccc(F)cc2Cl)c2ccc(C(F)F)cc12. The summed E-state index contributed by atoms with van der Waals surface area (Å²) in [6.45, 7) is 0.0803. The van der Waals surface area contributed by atoms with E-state index in [0.29, 0.717) is 11.1 Å². The second kappa shape index (κ2) is 6.16. The van der Waals surface area contributed by atoms with Gasteiger partial charge in [-0.2, -0.15) is 5.10 Å². The largest absolute Gasteiger partial charge is 0.476 e. The van der Waals surface area contributed by atoms with Crippen molar-refractivity contribution in [2.24, 2.45) is 0 Å². The van der Waals surface area contributed by atoms with Crippen LogP contribution in [0.4, 0.5) is 13.2 Å². The second-order valence-electron chi connectivity index (χ2n) is 5.12. The Morgan fingerprint density at radius 3 is 2.62 bits per heavy atom. The molecule has 0 aliphatic heterocycles. The summed E-state index contributed by atoms with van der Waals surface area (Å²) in [5.41, 5.74) is 0.282. The fraction of sp³-hybridized carbons (Fsp3) is 0.125. The Balaban J connectivity index is 2.12. The van der Waals surface area contributed by atoms with Crippen LogP contribution in [0.2, 0.25) is 5.02 Å². The van der Waals surface area contributed by atoms with Crippen LogP contribution >= 0.6 is 11.6 Å². The Hall–Kier alpha value is -2.54. The van der Waals surface area contributed by atoms with Crippen molar-refractivity contribution in [2.45, 2.75) is 13.0 Å². The molecule has 0 radical (unpaired) electrons. The van der Waals surface area contributed by atoms with Crippen LogP contribution in [0.3, 0.4) is 0 Å². The van der Waals surface area contributed by atoms with E-state index < -0.39 is 18.2 Å². The smallest absolute Gasteiger partial charge is 0.357 e. The van der Waals surface area contributed by atoms with E-state index in [1.165, 1.54) is 28.9 Å². The van der Waals surface area contributed by atoms with Gasteiger partial charge in [0.2, 0.25) is 0 Å². The highest BCUT2D eigenvalue weighted by atomic mass is 35.5. The first-order valence-corrected chi connectivity index (χ1v) is 7.20. The summed E-state index contributed by atoms with van der Waals surface area (Å²) in [5, 5.41) is 13.5. The van der Waals surface area contributed by atoms with Crippen LogP contribution in [-0.4, -0.2) is 20.9 Å². The Kier molecular flexibility index (Phi) is 4.19. The van der Waals surface area contributed by atoms with Gasteiger partial charge >= 0.3 is 5.97 Å². The monoisotopic (exact) mass is 354 g/mol. The number of carboxylic acids is 1. The van der Waals surface area contributed by atoms with E-state index in [9.17, 15) is 23.1 Å². The molecule has 0 aliphatic rings.